The summed E-state index contributed by atoms with van der Waals surface area (Å²) in [6.45, 7) is 3.73. The van der Waals surface area contributed by atoms with Gasteiger partial charge >= 0.3 is 0 Å². The largest absolute Gasteiger partial charge is 0.354 e. The van der Waals surface area contributed by atoms with Gasteiger partial charge in [-0.25, -0.2) is 0 Å². The quantitative estimate of drug-likeness (QED) is 0.778. The van der Waals surface area contributed by atoms with Crippen LogP contribution in [-0.2, 0) is 4.79 Å². The molecule has 2 rings (SSSR count). The Labute approximate surface area is 144 Å². The first-order valence-electron chi connectivity index (χ1n) is 7.95. The Kier molecular flexibility index (Phi) is 7.52. The molecule has 23 heavy (non-hydrogen) atoms. The molecule has 1 atom stereocenters. The zero-order chi connectivity index (χ0) is 16.0. The molecule has 1 aliphatic heterocycles. The van der Waals surface area contributed by atoms with E-state index in [9.17, 15) is 9.59 Å². The number of benzene rings is 1. The van der Waals surface area contributed by atoms with Crippen molar-refractivity contribution < 1.29 is 9.59 Å². The minimum Gasteiger partial charge on any atom is -0.354 e. The summed E-state index contributed by atoms with van der Waals surface area (Å²) in [4.78, 5) is 26.9. The number of nitrogens with two attached hydrogens (primary N) is 1. The average Bonchev–Trinajstić information content (AvgIpc) is 2.94. The highest BCUT2D eigenvalue weighted by Crippen LogP contribution is 2.30. The fraction of sp³-hybridized carbons (Fsp3) is 0.529. The first-order valence-corrected chi connectivity index (χ1v) is 7.95. The molecule has 1 heterocycles. The molecule has 2 amide bonds. The average molecular weight is 340 g/mol. The van der Waals surface area contributed by atoms with E-state index in [4.69, 9.17) is 5.73 Å². The van der Waals surface area contributed by atoms with Crippen molar-refractivity contribution in [2.45, 2.75) is 38.1 Å². The molecule has 1 aromatic rings. The lowest BCUT2D eigenvalue weighted by molar-refractivity contribution is -0.129. The molecule has 6 heteroatoms. The van der Waals surface area contributed by atoms with E-state index in [1.807, 2.05) is 25.1 Å². The number of rotatable bonds is 6. The highest BCUT2D eigenvalue weighted by Gasteiger charge is 2.45. The van der Waals surface area contributed by atoms with Crippen LogP contribution in [0.5, 0.6) is 0 Å². The number of halogens is 1. The van der Waals surface area contributed by atoms with Gasteiger partial charge in [0.25, 0.3) is 5.91 Å². The minimum absolute atomic E-state index is 0. The number of amides is 2. The minimum atomic E-state index is -0.754. The smallest absolute Gasteiger partial charge is 0.254 e. The van der Waals surface area contributed by atoms with Gasteiger partial charge in [-0.3, -0.25) is 9.59 Å². The van der Waals surface area contributed by atoms with E-state index in [0.29, 0.717) is 31.6 Å². The molecule has 0 bridgehead atoms. The summed E-state index contributed by atoms with van der Waals surface area (Å²) < 4.78 is 0. The van der Waals surface area contributed by atoms with Gasteiger partial charge in [0.1, 0.15) is 5.54 Å². The predicted molar refractivity (Wildman–Crippen MR) is 93.7 cm³/mol. The third kappa shape index (κ3) is 4.45. The van der Waals surface area contributed by atoms with Crippen LogP contribution in [0.1, 0.15) is 43.0 Å². The van der Waals surface area contributed by atoms with E-state index >= 15 is 0 Å². The molecule has 5 nitrogen and oxygen atoms in total. The van der Waals surface area contributed by atoms with Crippen LogP contribution < -0.4 is 11.1 Å². The molecule has 0 aliphatic carbocycles. The first kappa shape index (κ1) is 19.5. The molecule has 0 spiro atoms. The lowest BCUT2D eigenvalue weighted by Gasteiger charge is -2.34. The third-order valence-electron chi connectivity index (χ3n) is 4.31. The number of hydrogen-bond donors (Lipinski definition) is 2. The van der Waals surface area contributed by atoms with Crippen LogP contribution in [0.25, 0.3) is 0 Å². The second-order valence-electron chi connectivity index (χ2n) is 5.95. The van der Waals surface area contributed by atoms with Gasteiger partial charge in [0.05, 0.1) is 0 Å². The number of carbonyl (C=O) groups excluding carboxylic acids is 2. The molecule has 128 valence electrons. The number of carbonyl (C=O) groups is 2. The molecule has 0 aromatic heterocycles. The van der Waals surface area contributed by atoms with Crippen LogP contribution >= 0.6 is 12.4 Å². The Morgan fingerprint density at radius 2 is 1.96 bits per heavy atom. The number of likely N-dealkylation sites (tertiary alicyclic amines) is 1. The van der Waals surface area contributed by atoms with Crippen molar-refractivity contribution in [3.63, 3.8) is 0 Å². The second kappa shape index (κ2) is 8.89. The Hall–Kier alpha value is -1.59. The van der Waals surface area contributed by atoms with Gasteiger partial charge in [-0.1, -0.05) is 18.2 Å². The van der Waals surface area contributed by atoms with Gasteiger partial charge in [-0.15, -0.1) is 12.4 Å². The van der Waals surface area contributed by atoms with Gasteiger partial charge in [-0.05, 0) is 51.3 Å². The van der Waals surface area contributed by atoms with Crippen molar-refractivity contribution in [3.8, 4) is 0 Å². The molecule has 1 unspecified atom stereocenters. The SMILES string of the molecule is CC1(C(=O)NCCCCN)CCCN1C(=O)c1ccccc1.Cl. The maximum atomic E-state index is 12.7. The van der Waals surface area contributed by atoms with E-state index in [1.165, 1.54) is 0 Å². The van der Waals surface area contributed by atoms with Crippen LogP contribution in [-0.4, -0.2) is 41.9 Å². The number of nitrogens with one attached hydrogen (secondary N) is 1. The number of hydrogen-bond acceptors (Lipinski definition) is 3. The Morgan fingerprint density at radius 3 is 2.61 bits per heavy atom. The van der Waals surface area contributed by atoms with Crippen molar-refractivity contribution in [1.29, 1.82) is 0 Å². The van der Waals surface area contributed by atoms with Gasteiger partial charge in [0.15, 0.2) is 0 Å². The maximum Gasteiger partial charge on any atom is 0.254 e. The predicted octanol–water partition coefficient (Wildman–Crippen LogP) is 1.96. The van der Waals surface area contributed by atoms with E-state index in [0.717, 1.165) is 19.3 Å². The zero-order valence-corrected chi connectivity index (χ0v) is 14.4. The summed E-state index contributed by atoms with van der Waals surface area (Å²) in [5.74, 6) is -0.135. The normalized spacial score (nSPS) is 20.0. The highest BCUT2D eigenvalue weighted by atomic mass is 35.5. The van der Waals surface area contributed by atoms with Crippen LogP contribution in [0.15, 0.2) is 30.3 Å². The Morgan fingerprint density at radius 1 is 1.26 bits per heavy atom. The van der Waals surface area contributed by atoms with Crippen LogP contribution in [0.2, 0.25) is 0 Å². The van der Waals surface area contributed by atoms with Crippen molar-refractivity contribution in [2.24, 2.45) is 5.73 Å². The Balaban J connectivity index is 0.00000264. The summed E-state index contributed by atoms with van der Waals surface area (Å²) in [6, 6.07) is 9.14. The monoisotopic (exact) mass is 339 g/mol. The molecule has 1 aliphatic rings. The molecular formula is C17H26ClN3O2. The lowest BCUT2D eigenvalue weighted by Crippen LogP contribution is -2.55. The van der Waals surface area contributed by atoms with E-state index in [-0.39, 0.29) is 24.2 Å². The van der Waals surface area contributed by atoms with Crippen LogP contribution in [0, 0.1) is 0 Å². The van der Waals surface area contributed by atoms with Crippen molar-refractivity contribution in [3.05, 3.63) is 35.9 Å². The molecular weight excluding hydrogens is 314 g/mol. The summed E-state index contributed by atoms with van der Waals surface area (Å²) >= 11 is 0. The van der Waals surface area contributed by atoms with Crippen molar-refractivity contribution in [2.75, 3.05) is 19.6 Å². The Bertz CT molecular complexity index is 524. The van der Waals surface area contributed by atoms with Crippen molar-refractivity contribution >= 4 is 24.2 Å². The van der Waals surface area contributed by atoms with Gasteiger partial charge < -0.3 is 16.0 Å². The van der Waals surface area contributed by atoms with E-state index < -0.39 is 5.54 Å². The topological polar surface area (TPSA) is 75.4 Å². The van der Waals surface area contributed by atoms with Crippen LogP contribution in [0.3, 0.4) is 0 Å². The van der Waals surface area contributed by atoms with E-state index in [1.54, 1.807) is 17.0 Å². The fourth-order valence-corrected chi connectivity index (χ4v) is 2.92. The highest BCUT2D eigenvalue weighted by molar-refractivity contribution is 5.99. The van der Waals surface area contributed by atoms with Gasteiger partial charge in [-0.2, -0.15) is 0 Å². The second-order valence-corrected chi connectivity index (χ2v) is 5.95. The van der Waals surface area contributed by atoms with Crippen molar-refractivity contribution in [1.82, 2.24) is 10.2 Å². The molecule has 0 saturated carbocycles. The summed E-state index contributed by atoms with van der Waals surface area (Å²) in [5.41, 5.74) is 5.33. The molecule has 0 radical (unpaired) electrons. The summed E-state index contributed by atoms with van der Waals surface area (Å²) in [6.07, 6.45) is 3.31. The first-order chi connectivity index (χ1) is 10.6. The van der Waals surface area contributed by atoms with Gasteiger partial charge in [0.2, 0.25) is 5.91 Å². The van der Waals surface area contributed by atoms with Gasteiger partial charge in [0, 0.05) is 18.7 Å². The lowest BCUT2D eigenvalue weighted by atomic mass is 9.96. The third-order valence-corrected chi connectivity index (χ3v) is 4.31. The fourth-order valence-electron chi connectivity index (χ4n) is 2.92. The maximum absolute atomic E-state index is 12.7. The molecule has 1 aromatic carbocycles. The molecule has 1 fully saturated rings. The summed E-state index contributed by atoms with van der Waals surface area (Å²) in [5, 5.41) is 2.95. The molecule has 1 saturated heterocycles. The number of unbranched alkanes of at least 4 members (excludes halogenated alkanes) is 1. The van der Waals surface area contributed by atoms with E-state index in [2.05, 4.69) is 5.32 Å². The number of nitrogens with zero attached hydrogens (tertiary/aromatic N) is 1. The summed E-state index contributed by atoms with van der Waals surface area (Å²) in [7, 11) is 0. The zero-order valence-electron chi connectivity index (χ0n) is 13.6. The van der Waals surface area contributed by atoms with Crippen LogP contribution in [0.4, 0.5) is 0 Å². The standard InChI is InChI=1S/C17H25N3O2.ClH/c1-17(16(22)19-12-6-5-11-18)10-7-13-20(17)15(21)14-8-3-2-4-9-14;/h2-4,8-9H,5-7,10-13,18H2,1H3,(H,19,22);1H. The molecule has 3 N–H and O–H groups in total.